The van der Waals surface area contributed by atoms with Gasteiger partial charge in [0.1, 0.15) is 0 Å². The number of aliphatic carboxylic acids is 1. The van der Waals surface area contributed by atoms with Crippen LogP contribution < -0.4 is 10.6 Å². The summed E-state index contributed by atoms with van der Waals surface area (Å²) in [4.78, 5) is 21.2. The van der Waals surface area contributed by atoms with Crippen molar-refractivity contribution in [3.05, 3.63) is 12.7 Å². The Labute approximate surface area is 83.2 Å². The molecule has 0 aliphatic carbocycles. The highest BCUT2D eigenvalue weighted by atomic mass is 16.4. The summed E-state index contributed by atoms with van der Waals surface area (Å²) >= 11 is 0. The SMILES string of the molecule is C=CCC(C)NC(=O)NCCC(=O)O. The minimum atomic E-state index is -0.926. The van der Waals surface area contributed by atoms with Crippen LogP contribution in [-0.4, -0.2) is 29.7 Å². The molecule has 0 aromatic rings. The summed E-state index contributed by atoms with van der Waals surface area (Å²) in [5.74, 6) is -0.926. The first kappa shape index (κ1) is 12.5. The van der Waals surface area contributed by atoms with Gasteiger partial charge >= 0.3 is 12.0 Å². The van der Waals surface area contributed by atoms with Gasteiger partial charge in [0.05, 0.1) is 6.42 Å². The van der Waals surface area contributed by atoms with Crippen LogP contribution in [-0.2, 0) is 4.79 Å². The fourth-order valence-electron chi connectivity index (χ4n) is 0.867. The molecule has 0 bridgehead atoms. The molecular weight excluding hydrogens is 184 g/mol. The Morgan fingerprint density at radius 1 is 1.57 bits per heavy atom. The van der Waals surface area contributed by atoms with Crippen LogP contribution in [0.15, 0.2) is 12.7 Å². The highest BCUT2D eigenvalue weighted by molar-refractivity contribution is 5.75. The second kappa shape index (κ2) is 6.94. The van der Waals surface area contributed by atoms with Gasteiger partial charge < -0.3 is 15.7 Å². The molecule has 0 heterocycles. The van der Waals surface area contributed by atoms with Crippen LogP contribution in [0, 0.1) is 0 Å². The Kier molecular flexibility index (Phi) is 6.19. The van der Waals surface area contributed by atoms with Gasteiger partial charge in [0.25, 0.3) is 0 Å². The van der Waals surface area contributed by atoms with Gasteiger partial charge in [-0.2, -0.15) is 0 Å². The average Bonchev–Trinajstić information content (AvgIpc) is 2.03. The van der Waals surface area contributed by atoms with Gasteiger partial charge in [-0.1, -0.05) is 6.08 Å². The molecule has 14 heavy (non-hydrogen) atoms. The summed E-state index contributed by atoms with van der Waals surface area (Å²) in [7, 11) is 0. The molecule has 0 saturated heterocycles. The van der Waals surface area contributed by atoms with E-state index >= 15 is 0 Å². The fourth-order valence-corrected chi connectivity index (χ4v) is 0.867. The molecule has 0 rings (SSSR count). The number of carbonyl (C=O) groups excluding carboxylic acids is 1. The van der Waals surface area contributed by atoms with Crippen LogP contribution in [0.1, 0.15) is 19.8 Å². The lowest BCUT2D eigenvalue weighted by Crippen LogP contribution is -2.41. The van der Waals surface area contributed by atoms with Crippen molar-refractivity contribution in [3.63, 3.8) is 0 Å². The third-order valence-electron chi connectivity index (χ3n) is 1.52. The molecule has 1 atom stereocenters. The number of hydrogen-bond acceptors (Lipinski definition) is 2. The maximum absolute atomic E-state index is 11.1. The Balaban J connectivity index is 3.54. The van der Waals surface area contributed by atoms with Crippen molar-refractivity contribution in [1.29, 1.82) is 0 Å². The Morgan fingerprint density at radius 2 is 2.21 bits per heavy atom. The van der Waals surface area contributed by atoms with Crippen LogP contribution in [0.2, 0.25) is 0 Å². The van der Waals surface area contributed by atoms with Gasteiger partial charge in [0.15, 0.2) is 0 Å². The highest BCUT2D eigenvalue weighted by Gasteiger charge is 2.05. The number of amides is 2. The number of urea groups is 1. The third kappa shape index (κ3) is 7.15. The maximum Gasteiger partial charge on any atom is 0.315 e. The standard InChI is InChI=1S/C9H16N2O3/c1-3-4-7(2)11-9(14)10-6-5-8(12)13/h3,7H,1,4-6H2,2H3,(H,12,13)(H2,10,11,14). The van der Waals surface area contributed by atoms with Gasteiger partial charge in [0, 0.05) is 12.6 Å². The summed E-state index contributed by atoms with van der Waals surface area (Å²) in [6.45, 7) is 5.53. The van der Waals surface area contributed by atoms with Gasteiger partial charge in [-0.25, -0.2) is 4.79 Å². The highest BCUT2D eigenvalue weighted by Crippen LogP contribution is 1.89. The molecule has 0 aliphatic heterocycles. The minimum Gasteiger partial charge on any atom is -0.481 e. The predicted octanol–water partition coefficient (Wildman–Crippen LogP) is 0.725. The number of carboxylic acid groups (broad SMARTS) is 1. The zero-order valence-corrected chi connectivity index (χ0v) is 8.25. The number of nitrogens with one attached hydrogen (secondary N) is 2. The molecular formula is C9H16N2O3. The van der Waals surface area contributed by atoms with E-state index in [2.05, 4.69) is 17.2 Å². The third-order valence-corrected chi connectivity index (χ3v) is 1.52. The largest absolute Gasteiger partial charge is 0.481 e. The van der Waals surface area contributed by atoms with E-state index in [4.69, 9.17) is 5.11 Å². The lowest BCUT2D eigenvalue weighted by molar-refractivity contribution is -0.136. The molecule has 3 N–H and O–H groups in total. The summed E-state index contributed by atoms with van der Waals surface area (Å²) in [5.41, 5.74) is 0. The van der Waals surface area contributed by atoms with Crippen molar-refractivity contribution in [2.75, 3.05) is 6.54 Å². The summed E-state index contributed by atoms with van der Waals surface area (Å²) < 4.78 is 0. The molecule has 0 saturated carbocycles. The van der Waals surface area contributed by atoms with E-state index < -0.39 is 5.97 Å². The zero-order chi connectivity index (χ0) is 11.0. The van der Waals surface area contributed by atoms with E-state index in [9.17, 15) is 9.59 Å². The summed E-state index contributed by atoms with van der Waals surface area (Å²) in [6, 6.07) is -0.335. The van der Waals surface area contributed by atoms with E-state index in [0.29, 0.717) is 6.42 Å². The van der Waals surface area contributed by atoms with Gasteiger partial charge in [-0.15, -0.1) is 6.58 Å². The first-order valence-corrected chi connectivity index (χ1v) is 4.43. The number of rotatable bonds is 6. The Hall–Kier alpha value is -1.52. The molecule has 0 fully saturated rings. The second-order valence-electron chi connectivity index (χ2n) is 2.97. The van der Waals surface area contributed by atoms with E-state index in [0.717, 1.165) is 0 Å². The molecule has 80 valence electrons. The topological polar surface area (TPSA) is 78.4 Å². The smallest absolute Gasteiger partial charge is 0.315 e. The monoisotopic (exact) mass is 200 g/mol. The number of hydrogen-bond donors (Lipinski definition) is 3. The van der Waals surface area contributed by atoms with Crippen molar-refractivity contribution < 1.29 is 14.7 Å². The van der Waals surface area contributed by atoms with Gasteiger partial charge in [-0.3, -0.25) is 4.79 Å². The Morgan fingerprint density at radius 3 is 2.71 bits per heavy atom. The van der Waals surface area contributed by atoms with Crippen molar-refractivity contribution in [2.24, 2.45) is 0 Å². The van der Waals surface area contributed by atoms with Crippen molar-refractivity contribution in [3.8, 4) is 0 Å². The van der Waals surface area contributed by atoms with Crippen LogP contribution in [0.25, 0.3) is 0 Å². The quantitative estimate of drug-likeness (QED) is 0.553. The van der Waals surface area contributed by atoms with Gasteiger partial charge in [-0.05, 0) is 13.3 Å². The molecule has 5 nitrogen and oxygen atoms in total. The molecule has 2 amide bonds. The lowest BCUT2D eigenvalue weighted by atomic mass is 10.2. The molecule has 0 radical (unpaired) electrons. The average molecular weight is 200 g/mol. The molecule has 1 unspecified atom stereocenters. The minimum absolute atomic E-state index is 0.0114. The predicted molar refractivity (Wildman–Crippen MR) is 53.1 cm³/mol. The number of carbonyl (C=O) groups is 2. The maximum atomic E-state index is 11.1. The van der Waals surface area contributed by atoms with Crippen molar-refractivity contribution in [2.45, 2.75) is 25.8 Å². The summed E-state index contributed by atoms with van der Waals surface area (Å²) in [5, 5.41) is 13.4. The normalized spacial score (nSPS) is 11.5. The lowest BCUT2D eigenvalue weighted by Gasteiger charge is -2.11. The van der Waals surface area contributed by atoms with E-state index in [1.54, 1.807) is 6.08 Å². The Bertz CT molecular complexity index is 216. The molecule has 0 spiro atoms. The van der Waals surface area contributed by atoms with Crippen LogP contribution >= 0.6 is 0 Å². The van der Waals surface area contributed by atoms with Crippen LogP contribution in [0.4, 0.5) is 4.79 Å². The molecule has 0 aromatic heterocycles. The van der Waals surface area contributed by atoms with Crippen LogP contribution in [0.3, 0.4) is 0 Å². The van der Waals surface area contributed by atoms with E-state index in [-0.39, 0.29) is 25.0 Å². The van der Waals surface area contributed by atoms with E-state index in [1.807, 2.05) is 6.92 Å². The summed E-state index contributed by atoms with van der Waals surface area (Å²) in [6.07, 6.45) is 2.33. The fraction of sp³-hybridized carbons (Fsp3) is 0.556. The first-order chi connectivity index (χ1) is 6.56. The van der Waals surface area contributed by atoms with Gasteiger partial charge in [0.2, 0.25) is 0 Å². The molecule has 0 aliphatic rings. The second-order valence-corrected chi connectivity index (χ2v) is 2.97. The zero-order valence-electron chi connectivity index (χ0n) is 8.25. The number of carboxylic acids is 1. The van der Waals surface area contributed by atoms with E-state index in [1.165, 1.54) is 0 Å². The first-order valence-electron chi connectivity index (χ1n) is 4.43. The van der Waals surface area contributed by atoms with Crippen molar-refractivity contribution in [1.82, 2.24) is 10.6 Å². The van der Waals surface area contributed by atoms with Crippen LogP contribution in [0.5, 0.6) is 0 Å². The molecule has 0 aromatic carbocycles. The molecule has 5 heteroatoms. The van der Waals surface area contributed by atoms with Crippen molar-refractivity contribution >= 4 is 12.0 Å².